The number of β-amino-alcohol motifs (C(OH)–C–C–N with tert-alkyl or cyclic N) is 1. The van der Waals surface area contributed by atoms with Crippen LogP contribution in [0.3, 0.4) is 0 Å². The second-order valence-corrected chi connectivity index (χ2v) is 11.6. The van der Waals surface area contributed by atoms with Crippen molar-refractivity contribution in [1.82, 2.24) is 15.2 Å². The molecule has 35 heavy (non-hydrogen) atoms. The molecule has 0 saturated carbocycles. The number of nitrogens with zero attached hydrogens (tertiary/aromatic N) is 2. The van der Waals surface area contributed by atoms with Crippen LogP contribution in [0.5, 0.6) is 0 Å². The zero-order chi connectivity index (χ0) is 25.9. The first-order valence-electron chi connectivity index (χ1n) is 12.2. The first kappa shape index (κ1) is 27.0. The van der Waals surface area contributed by atoms with Crippen LogP contribution < -0.4 is 5.32 Å². The second-order valence-electron chi connectivity index (χ2n) is 10.8. The average molecular weight is 500 g/mol. The minimum absolute atomic E-state index is 0.0693. The lowest BCUT2D eigenvalue weighted by molar-refractivity contribution is -0.144. The topological polar surface area (TPSA) is 99.6 Å². The molecule has 2 N–H and O–H groups in total. The zero-order valence-electron chi connectivity index (χ0n) is 21.5. The first-order chi connectivity index (χ1) is 16.4. The molecule has 0 unspecified atom stereocenters. The van der Waals surface area contributed by atoms with Gasteiger partial charge in [-0.2, -0.15) is 0 Å². The molecule has 0 spiro atoms. The van der Waals surface area contributed by atoms with Gasteiger partial charge in [-0.05, 0) is 29.9 Å². The van der Waals surface area contributed by atoms with E-state index in [9.17, 15) is 19.5 Å². The van der Waals surface area contributed by atoms with E-state index in [0.29, 0.717) is 6.42 Å². The molecule has 7 nitrogen and oxygen atoms in total. The highest BCUT2D eigenvalue weighted by Crippen LogP contribution is 2.29. The Morgan fingerprint density at radius 2 is 1.86 bits per heavy atom. The highest BCUT2D eigenvalue weighted by Gasteiger charge is 2.44. The van der Waals surface area contributed by atoms with Gasteiger partial charge in [0.25, 0.3) is 0 Å². The third-order valence-electron chi connectivity index (χ3n) is 6.48. The quantitative estimate of drug-likeness (QED) is 0.576. The summed E-state index contributed by atoms with van der Waals surface area (Å²) in [6, 6.07) is 6.66. The van der Waals surface area contributed by atoms with Gasteiger partial charge < -0.3 is 15.3 Å². The Bertz CT molecular complexity index is 1060. The van der Waals surface area contributed by atoms with Crippen LogP contribution >= 0.6 is 11.3 Å². The molecule has 3 rings (SSSR count). The molecule has 8 heteroatoms. The summed E-state index contributed by atoms with van der Waals surface area (Å²) in [7, 11) is 0. The number of aryl methyl sites for hydroxylation is 2. The largest absolute Gasteiger partial charge is 0.391 e. The van der Waals surface area contributed by atoms with E-state index < -0.39 is 23.6 Å². The molecule has 0 radical (unpaired) electrons. The molecule has 1 aliphatic rings. The molecule has 3 atom stereocenters. The molecule has 2 heterocycles. The molecule has 1 saturated heterocycles. The molecule has 0 bridgehead atoms. The molecule has 1 aliphatic heterocycles. The van der Waals surface area contributed by atoms with Crippen molar-refractivity contribution in [2.75, 3.05) is 6.54 Å². The molecule has 190 valence electrons. The van der Waals surface area contributed by atoms with Gasteiger partial charge in [-0.25, -0.2) is 4.98 Å². The first-order valence-corrected chi connectivity index (χ1v) is 13.1. The van der Waals surface area contributed by atoms with Crippen molar-refractivity contribution in [2.24, 2.45) is 11.3 Å². The summed E-state index contributed by atoms with van der Waals surface area (Å²) in [6.07, 6.45) is 0.306. The highest BCUT2D eigenvalue weighted by molar-refractivity contribution is 7.13. The number of aliphatic hydroxyl groups is 1. The number of hydrogen-bond donors (Lipinski definition) is 2. The van der Waals surface area contributed by atoms with Gasteiger partial charge in [-0.1, -0.05) is 58.9 Å². The van der Waals surface area contributed by atoms with Crippen molar-refractivity contribution >= 4 is 28.9 Å². The zero-order valence-corrected chi connectivity index (χ0v) is 22.3. The van der Waals surface area contributed by atoms with Gasteiger partial charge in [0.1, 0.15) is 6.04 Å². The van der Waals surface area contributed by atoms with Gasteiger partial charge in [-0.15, -0.1) is 11.3 Å². The van der Waals surface area contributed by atoms with E-state index in [1.807, 2.05) is 57.5 Å². The van der Waals surface area contributed by atoms with E-state index in [2.05, 4.69) is 10.3 Å². The van der Waals surface area contributed by atoms with E-state index >= 15 is 0 Å². The minimum Gasteiger partial charge on any atom is -0.391 e. The monoisotopic (exact) mass is 499 g/mol. The smallest absolute Gasteiger partial charge is 0.246 e. The summed E-state index contributed by atoms with van der Waals surface area (Å²) in [5, 5.41) is 13.2. The van der Waals surface area contributed by atoms with Gasteiger partial charge >= 0.3 is 0 Å². The summed E-state index contributed by atoms with van der Waals surface area (Å²) < 4.78 is 0. The van der Waals surface area contributed by atoms with Crippen LogP contribution in [0.2, 0.25) is 0 Å². The standard InChI is InChI=1S/C27H37N3O4S/c1-16(2)25(33)29-24(27(4,5)6)26(34)30-14-20(31)13-21(30)22(32)12-9-18-7-10-19(11-8-18)23-17(3)28-15-35-23/h7-8,10-11,15-16,20-21,24,31H,9,12-14H2,1-6H3,(H,29,33)/t20-,21+,24-/m1/s1. The summed E-state index contributed by atoms with van der Waals surface area (Å²) >= 11 is 1.60. The average Bonchev–Trinajstić information content (AvgIpc) is 3.40. The Morgan fingerprint density at radius 1 is 1.20 bits per heavy atom. The predicted octanol–water partition coefficient (Wildman–Crippen LogP) is 3.77. The molecule has 1 aromatic heterocycles. The SMILES string of the molecule is Cc1ncsc1-c1ccc(CCC(=O)[C@@H]2C[C@@H](O)CN2C(=O)[C@@H](NC(=O)C(C)C)C(C)(C)C)cc1. The van der Waals surface area contributed by atoms with Crippen LogP contribution in [0.4, 0.5) is 0 Å². The van der Waals surface area contributed by atoms with Crippen molar-refractivity contribution in [1.29, 1.82) is 0 Å². The normalized spacial score (nSPS) is 19.1. The Kier molecular flexibility index (Phi) is 8.49. The van der Waals surface area contributed by atoms with Crippen LogP contribution in [-0.4, -0.2) is 57.3 Å². The fourth-order valence-corrected chi connectivity index (χ4v) is 5.13. The molecule has 2 amide bonds. The van der Waals surface area contributed by atoms with Gasteiger partial charge in [-0.3, -0.25) is 14.4 Å². The van der Waals surface area contributed by atoms with Crippen LogP contribution in [0, 0.1) is 18.3 Å². The number of aromatic nitrogens is 1. The van der Waals surface area contributed by atoms with Crippen LogP contribution in [0.25, 0.3) is 10.4 Å². The van der Waals surface area contributed by atoms with Crippen molar-refractivity contribution in [3.8, 4) is 10.4 Å². The summed E-state index contributed by atoms with van der Waals surface area (Å²) in [5.41, 5.74) is 4.44. The van der Waals surface area contributed by atoms with Gasteiger partial charge in [0, 0.05) is 25.3 Å². The lowest BCUT2D eigenvalue weighted by Crippen LogP contribution is -2.57. The van der Waals surface area contributed by atoms with Gasteiger partial charge in [0.05, 0.1) is 28.2 Å². The number of Topliss-reactive ketones (excluding diaryl/α,β-unsaturated/α-hetero) is 1. The number of benzene rings is 1. The van der Waals surface area contributed by atoms with Gasteiger partial charge in [0.15, 0.2) is 5.78 Å². The number of hydrogen-bond acceptors (Lipinski definition) is 6. The van der Waals surface area contributed by atoms with E-state index in [0.717, 1.165) is 21.7 Å². The summed E-state index contributed by atoms with van der Waals surface area (Å²) in [6.45, 7) is 11.3. The number of nitrogens with one attached hydrogen (secondary N) is 1. The molecule has 0 aliphatic carbocycles. The molecular formula is C27H37N3O4S. The van der Waals surface area contributed by atoms with Crippen LogP contribution in [0.15, 0.2) is 29.8 Å². The lowest BCUT2D eigenvalue weighted by Gasteiger charge is -2.35. The fourth-order valence-electron chi connectivity index (χ4n) is 4.32. The second kappa shape index (κ2) is 11.0. The maximum absolute atomic E-state index is 13.5. The highest BCUT2D eigenvalue weighted by atomic mass is 32.1. The van der Waals surface area contributed by atoms with Crippen molar-refractivity contribution in [3.63, 3.8) is 0 Å². The van der Waals surface area contributed by atoms with E-state index in [1.54, 1.807) is 25.2 Å². The number of carbonyl (C=O) groups is 3. The number of thiazole rings is 1. The molecule has 1 aromatic carbocycles. The number of likely N-dealkylation sites (tertiary alicyclic amines) is 1. The minimum atomic E-state index is -0.777. The molecule has 1 fully saturated rings. The number of aliphatic hydroxyl groups excluding tert-OH is 1. The Hall–Kier alpha value is -2.58. The van der Waals surface area contributed by atoms with Crippen molar-refractivity contribution < 1.29 is 19.5 Å². The van der Waals surface area contributed by atoms with Crippen LogP contribution in [-0.2, 0) is 20.8 Å². The van der Waals surface area contributed by atoms with Crippen molar-refractivity contribution in [3.05, 3.63) is 41.0 Å². The van der Waals surface area contributed by atoms with E-state index in [1.165, 1.54) is 4.90 Å². The Labute approximate surface area is 212 Å². The summed E-state index contributed by atoms with van der Waals surface area (Å²) in [4.78, 5) is 46.0. The molecule has 2 aromatic rings. The Balaban J connectivity index is 1.68. The number of amides is 2. The molecular weight excluding hydrogens is 462 g/mol. The maximum Gasteiger partial charge on any atom is 0.246 e. The lowest BCUT2D eigenvalue weighted by atomic mass is 9.85. The maximum atomic E-state index is 13.5. The fraction of sp³-hybridized carbons (Fsp3) is 0.556. The van der Waals surface area contributed by atoms with Crippen LogP contribution in [0.1, 0.15) is 58.7 Å². The van der Waals surface area contributed by atoms with E-state index in [4.69, 9.17) is 0 Å². The number of carbonyl (C=O) groups excluding carboxylic acids is 3. The van der Waals surface area contributed by atoms with E-state index in [-0.39, 0.29) is 42.9 Å². The number of rotatable bonds is 8. The predicted molar refractivity (Wildman–Crippen MR) is 138 cm³/mol. The third kappa shape index (κ3) is 6.55. The van der Waals surface area contributed by atoms with Gasteiger partial charge in [0.2, 0.25) is 11.8 Å². The Morgan fingerprint density at radius 3 is 2.40 bits per heavy atom. The van der Waals surface area contributed by atoms with Crippen molar-refractivity contribution in [2.45, 2.75) is 79.0 Å². The third-order valence-corrected chi connectivity index (χ3v) is 7.46. The summed E-state index contributed by atoms with van der Waals surface area (Å²) in [5.74, 6) is -0.857. The number of ketones is 1.